The Morgan fingerprint density at radius 2 is 1.48 bits per heavy atom. The van der Waals surface area contributed by atoms with Crippen LogP contribution < -0.4 is 4.57 Å². The molecule has 1 N–H and O–H groups in total. The summed E-state index contributed by atoms with van der Waals surface area (Å²) in [5, 5.41) is 16.2. The van der Waals surface area contributed by atoms with Gasteiger partial charge >= 0.3 is 0 Å². The number of benzene rings is 4. The molecule has 3 nitrogen and oxygen atoms in total. The first kappa shape index (κ1) is 37.3. The summed E-state index contributed by atoms with van der Waals surface area (Å²) in [5.41, 5.74) is 4.67. The minimum absolute atomic E-state index is 0. The first-order chi connectivity index (χ1) is 22.7. The molecule has 0 aliphatic rings. The maximum atomic E-state index is 11.7. The normalized spacial score (nSPS) is 11.9. The van der Waals surface area contributed by atoms with Gasteiger partial charge in [0.05, 0.1) is 5.76 Å². The predicted molar refractivity (Wildman–Crippen MR) is 202 cm³/mol. The van der Waals surface area contributed by atoms with Crippen molar-refractivity contribution >= 4 is 59.0 Å². The molecule has 0 aliphatic carbocycles. The maximum Gasteiger partial charge on any atom is 0.162 e. The molecular formula is C43H48IrNO2S-. The van der Waals surface area contributed by atoms with Crippen LogP contribution in [-0.4, -0.2) is 10.9 Å². The number of pyridine rings is 1. The standard InChI is InChI=1S/C30H24NS.C13H24O2.Ir/c1-19(2)16-20-17-25-24-10-6-7-11-29(24)32-30(25)26(18-20)28-15-13-23-22-9-5-4-8-21(22)12-14-27(23)31(28)3;1-5-10(6-2)12(14)9-13(15)11(7-3)8-4;/h4-15,17,19H,3,16H2,1-2H3;9-11,14H,5-8H2,1-4H3;/q-1;;/b;12-9-;. The van der Waals surface area contributed by atoms with E-state index < -0.39 is 0 Å². The van der Waals surface area contributed by atoms with Crippen LogP contribution in [0.15, 0.2) is 90.7 Å². The number of aromatic nitrogens is 1. The Kier molecular flexibility index (Phi) is 13.0. The number of ketones is 1. The summed E-state index contributed by atoms with van der Waals surface area (Å²) < 4.78 is 4.70. The van der Waals surface area contributed by atoms with E-state index >= 15 is 0 Å². The molecule has 6 rings (SSSR count). The molecule has 0 atom stereocenters. The zero-order valence-electron chi connectivity index (χ0n) is 29.1. The van der Waals surface area contributed by atoms with Gasteiger partial charge < -0.3 is 9.67 Å². The van der Waals surface area contributed by atoms with Gasteiger partial charge in [0.1, 0.15) is 11.2 Å². The Labute approximate surface area is 304 Å². The predicted octanol–water partition coefficient (Wildman–Crippen LogP) is 11.8. The number of aliphatic hydroxyl groups is 1. The molecule has 48 heavy (non-hydrogen) atoms. The molecule has 0 amide bonds. The van der Waals surface area contributed by atoms with Gasteiger partial charge in [0.2, 0.25) is 0 Å². The van der Waals surface area contributed by atoms with E-state index in [1.54, 1.807) is 0 Å². The van der Waals surface area contributed by atoms with E-state index in [2.05, 4.69) is 110 Å². The van der Waals surface area contributed by atoms with Gasteiger partial charge in [0, 0.05) is 49.8 Å². The van der Waals surface area contributed by atoms with Gasteiger partial charge in [-0.25, -0.2) is 0 Å². The molecule has 4 aromatic carbocycles. The molecule has 0 unspecified atom stereocenters. The van der Waals surface area contributed by atoms with Crippen LogP contribution >= 0.6 is 11.3 Å². The van der Waals surface area contributed by atoms with Gasteiger partial charge in [-0.15, -0.1) is 17.7 Å². The molecule has 6 aromatic rings. The zero-order valence-corrected chi connectivity index (χ0v) is 32.3. The quantitative estimate of drug-likeness (QED) is 0.0491. The van der Waals surface area contributed by atoms with Crippen molar-refractivity contribution in [3.63, 3.8) is 0 Å². The minimum atomic E-state index is 0. The largest absolute Gasteiger partial charge is 0.512 e. The fraction of sp³-hybridized carbons (Fsp3) is 0.326. The first-order valence-corrected chi connectivity index (χ1v) is 18.0. The van der Waals surface area contributed by atoms with Crippen molar-refractivity contribution in [1.29, 1.82) is 0 Å². The number of nitrogens with zero attached hydrogens (tertiary/aromatic N) is 1. The van der Waals surface area contributed by atoms with Crippen molar-refractivity contribution in [3.8, 4) is 11.3 Å². The van der Waals surface area contributed by atoms with Crippen molar-refractivity contribution < 1.29 is 34.6 Å². The number of allylic oxidation sites excluding steroid dienone is 2. The molecule has 2 aromatic heterocycles. The van der Waals surface area contributed by atoms with E-state index in [9.17, 15) is 9.90 Å². The van der Waals surface area contributed by atoms with Crippen LogP contribution in [0, 0.1) is 30.9 Å². The summed E-state index contributed by atoms with van der Waals surface area (Å²) in [6.45, 7) is 12.6. The summed E-state index contributed by atoms with van der Waals surface area (Å²) in [5.74, 6) is 1.13. The summed E-state index contributed by atoms with van der Waals surface area (Å²) in [6, 6.07) is 32.3. The number of aliphatic hydroxyl groups excluding tert-OH is 1. The molecule has 2 heterocycles. The Bertz CT molecular complexity index is 2050. The molecule has 0 aliphatic heterocycles. The molecule has 0 bridgehead atoms. The van der Waals surface area contributed by atoms with Gasteiger partial charge in [-0.05, 0) is 82.5 Å². The Balaban J connectivity index is 0.000000279. The minimum Gasteiger partial charge on any atom is -0.512 e. The number of carbonyl (C=O) groups excluding carboxylic acids is 1. The van der Waals surface area contributed by atoms with E-state index in [0.717, 1.165) is 48.9 Å². The average Bonchev–Trinajstić information content (AvgIpc) is 3.44. The van der Waals surface area contributed by atoms with E-state index in [4.69, 9.17) is 0 Å². The topological polar surface area (TPSA) is 41.2 Å². The van der Waals surface area contributed by atoms with E-state index in [1.807, 2.05) is 39.0 Å². The first-order valence-electron chi connectivity index (χ1n) is 17.2. The second-order valence-corrected chi connectivity index (χ2v) is 14.0. The van der Waals surface area contributed by atoms with Crippen molar-refractivity contribution in [1.82, 2.24) is 0 Å². The molecule has 0 spiro atoms. The van der Waals surface area contributed by atoms with Crippen LogP contribution in [-0.2, 0) is 31.3 Å². The monoisotopic (exact) mass is 835 g/mol. The van der Waals surface area contributed by atoms with Crippen LogP contribution in [0.25, 0.3) is 53.1 Å². The number of rotatable bonds is 10. The van der Waals surface area contributed by atoms with Crippen molar-refractivity contribution in [2.24, 2.45) is 17.8 Å². The van der Waals surface area contributed by atoms with E-state index in [1.165, 1.54) is 48.0 Å². The second-order valence-electron chi connectivity index (χ2n) is 13.0. The van der Waals surface area contributed by atoms with Crippen LogP contribution in [0.2, 0.25) is 0 Å². The molecule has 0 saturated heterocycles. The van der Waals surface area contributed by atoms with Gasteiger partial charge in [-0.1, -0.05) is 107 Å². The summed E-state index contributed by atoms with van der Waals surface area (Å²) >= 11 is 1.86. The fourth-order valence-corrected chi connectivity index (χ4v) is 7.82. The van der Waals surface area contributed by atoms with Gasteiger partial charge in [-0.2, -0.15) is 11.3 Å². The van der Waals surface area contributed by atoms with Gasteiger partial charge in [0.15, 0.2) is 5.78 Å². The molecule has 253 valence electrons. The number of carbonyl (C=O) groups is 1. The SMILES string of the molecule is CCC(CC)C(=O)/C=C(\O)C(CC)CC.[CH2-][n+]1c(-c2[c-]c(CC(C)C)cc3c2sc2ccccc23)ccc2c3ccccc3ccc21.[Ir]. The molecule has 1 radical (unpaired) electrons. The molecule has 0 fully saturated rings. The third kappa shape index (κ3) is 7.86. The van der Waals surface area contributed by atoms with E-state index in [-0.39, 0.29) is 43.5 Å². The summed E-state index contributed by atoms with van der Waals surface area (Å²) in [4.78, 5) is 11.7. The third-order valence-electron chi connectivity index (χ3n) is 9.37. The summed E-state index contributed by atoms with van der Waals surface area (Å²) in [6.07, 6.45) is 5.92. The van der Waals surface area contributed by atoms with Crippen LogP contribution in [0.4, 0.5) is 0 Å². The number of thiophene rings is 1. The van der Waals surface area contributed by atoms with Gasteiger partial charge in [-0.3, -0.25) is 4.79 Å². The van der Waals surface area contributed by atoms with E-state index in [0.29, 0.717) is 5.92 Å². The maximum absolute atomic E-state index is 11.7. The van der Waals surface area contributed by atoms with Gasteiger partial charge in [0.25, 0.3) is 0 Å². The second kappa shape index (κ2) is 16.7. The Hall–Kier alpha value is -3.50. The van der Waals surface area contributed by atoms with Crippen molar-refractivity contribution in [3.05, 3.63) is 109 Å². The summed E-state index contributed by atoms with van der Waals surface area (Å²) in [7, 11) is 4.48. The molecule has 0 saturated carbocycles. The third-order valence-corrected chi connectivity index (χ3v) is 10.6. The van der Waals surface area contributed by atoms with Crippen LogP contribution in [0.3, 0.4) is 0 Å². The Morgan fingerprint density at radius 3 is 2.15 bits per heavy atom. The number of hydrogen-bond donors (Lipinski definition) is 1. The van der Waals surface area contributed by atoms with Crippen LogP contribution in [0.1, 0.15) is 72.8 Å². The van der Waals surface area contributed by atoms with Crippen molar-refractivity contribution in [2.75, 3.05) is 0 Å². The molecular weight excluding hydrogens is 787 g/mol. The fourth-order valence-electron chi connectivity index (χ4n) is 6.63. The zero-order chi connectivity index (χ0) is 33.7. The molecule has 5 heteroatoms. The number of fused-ring (bicyclic) bond motifs is 6. The van der Waals surface area contributed by atoms with Crippen LogP contribution in [0.5, 0.6) is 0 Å². The Morgan fingerprint density at radius 1 is 0.833 bits per heavy atom. The average molecular weight is 835 g/mol. The smallest absolute Gasteiger partial charge is 0.162 e. The number of hydrogen-bond acceptors (Lipinski definition) is 3. The van der Waals surface area contributed by atoms with Crippen molar-refractivity contribution in [2.45, 2.75) is 73.6 Å².